The quantitative estimate of drug-likeness (QED) is 0.698. The van der Waals surface area contributed by atoms with E-state index >= 15 is 0 Å². The molecule has 1 atom stereocenters. The minimum absolute atomic E-state index is 0.100. The second kappa shape index (κ2) is 8.08. The number of benzene rings is 1. The van der Waals surface area contributed by atoms with Gasteiger partial charge in [0.1, 0.15) is 23.8 Å². The average molecular weight is 364 g/mol. The first-order chi connectivity index (χ1) is 11.3. The Morgan fingerprint density at radius 1 is 1.38 bits per heavy atom. The van der Waals surface area contributed by atoms with Crippen LogP contribution < -0.4 is 4.72 Å². The molecule has 1 heterocycles. The van der Waals surface area contributed by atoms with Crippen molar-refractivity contribution in [2.24, 2.45) is 0 Å². The van der Waals surface area contributed by atoms with Crippen LogP contribution in [0.25, 0.3) is 0 Å². The molecule has 1 fully saturated rings. The van der Waals surface area contributed by atoms with E-state index in [1.165, 1.54) is 0 Å². The van der Waals surface area contributed by atoms with Gasteiger partial charge in [-0.2, -0.15) is 0 Å². The van der Waals surface area contributed by atoms with Crippen molar-refractivity contribution in [2.45, 2.75) is 25.0 Å². The molecule has 0 aromatic heterocycles. The average Bonchev–Trinajstić information content (AvgIpc) is 2.54. The van der Waals surface area contributed by atoms with Crippen LogP contribution in [-0.2, 0) is 37.7 Å². The molecule has 24 heavy (non-hydrogen) atoms. The number of hydrogen-bond donors (Lipinski definition) is 2. The van der Waals surface area contributed by atoms with E-state index in [0.717, 1.165) is 12.1 Å². The summed E-state index contributed by atoms with van der Waals surface area (Å²) in [6, 6.07) is 1.80. The largest absolute Gasteiger partial charge is 0.760 e. The predicted molar refractivity (Wildman–Crippen MR) is 77.4 cm³/mol. The summed E-state index contributed by atoms with van der Waals surface area (Å²) in [5, 5.41) is 8.80. The van der Waals surface area contributed by atoms with Crippen LogP contribution in [0.5, 0.6) is 0 Å². The summed E-state index contributed by atoms with van der Waals surface area (Å²) in [6.45, 7) is -0.608. The third kappa shape index (κ3) is 4.54. The van der Waals surface area contributed by atoms with Gasteiger partial charge in [0.15, 0.2) is 0 Å². The van der Waals surface area contributed by atoms with Crippen molar-refractivity contribution in [3.05, 3.63) is 34.9 Å². The molecule has 134 valence electrons. The highest BCUT2D eigenvalue weighted by atomic mass is 32.2. The van der Waals surface area contributed by atoms with Crippen molar-refractivity contribution >= 4 is 17.2 Å². The number of ether oxygens (including phenoxy) is 2. The fourth-order valence-electron chi connectivity index (χ4n) is 2.60. The molecule has 1 aromatic rings. The van der Waals surface area contributed by atoms with Gasteiger partial charge in [-0.05, 0) is 12.1 Å². The highest BCUT2D eigenvalue weighted by Gasteiger charge is 2.39. The molecule has 0 amide bonds. The van der Waals surface area contributed by atoms with Gasteiger partial charge in [-0.15, -0.1) is 0 Å². The molecule has 0 radical (unpaired) electrons. The molecule has 1 aliphatic rings. The molecule has 0 bridgehead atoms. The zero-order valence-electron chi connectivity index (χ0n) is 12.5. The lowest BCUT2D eigenvalue weighted by molar-refractivity contribution is -0.160. The molecule has 0 spiro atoms. The summed E-state index contributed by atoms with van der Waals surface area (Å²) in [6.07, 6.45) is 0.359. The summed E-state index contributed by atoms with van der Waals surface area (Å²) in [7, 11) is 0. The maximum Gasteiger partial charge on any atom is 0.329 e. The lowest BCUT2D eigenvalue weighted by atomic mass is 9.85. The van der Waals surface area contributed by atoms with Crippen molar-refractivity contribution in [3.8, 4) is 0 Å². The van der Waals surface area contributed by atoms with Crippen molar-refractivity contribution in [1.29, 1.82) is 0 Å². The minimum Gasteiger partial charge on any atom is -0.760 e. The Bertz CT molecular complexity index is 636. The van der Waals surface area contributed by atoms with Gasteiger partial charge in [0, 0.05) is 55.0 Å². The standard InChI is InChI=1S/C14H17F2NO6S/c15-11-6-10(12(16)5-9(11)7-17-24(20)21)14(23-8-13(18)19)1-3-22-4-2-14/h5-6,17H,1-4,7-8H2,(H,18,19)(H,20,21)/p-1. The summed E-state index contributed by atoms with van der Waals surface area (Å²) >= 11 is -2.60. The van der Waals surface area contributed by atoms with E-state index in [1.807, 2.05) is 4.72 Å². The number of carboxylic acids is 1. The van der Waals surface area contributed by atoms with E-state index in [1.54, 1.807) is 0 Å². The topological polar surface area (TPSA) is 108 Å². The lowest BCUT2D eigenvalue weighted by Crippen LogP contribution is -2.39. The number of halogens is 2. The molecule has 1 aromatic carbocycles. The van der Waals surface area contributed by atoms with E-state index in [4.69, 9.17) is 14.6 Å². The third-order valence-corrected chi connectivity index (χ3v) is 4.16. The molecular weight excluding hydrogens is 348 g/mol. The fourth-order valence-corrected chi connectivity index (χ4v) is 2.88. The van der Waals surface area contributed by atoms with Gasteiger partial charge in [-0.25, -0.2) is 18.3 Å². The Hall–Kier alpha value is -1.46. The van der Waals surface area contributed by atoms with E-state index < -0.39 is 47.6 Å². The molecule has 7 nitrogen and oxygen atoms in total. The van der Waals surface area contributed by atoms with Gasteiger partial charge in [0.05, 0.1) is 0 Å². The Kier molecular flexibility index (Phi) is 6.35. The summed E-state index contributed by atoms with van der Waals surface area (Å²) in [4.78, 5) is 10.8. The maximum atomic E-state index is 14.5. The zero-order valence-corrected chi connectivity index (χ0v) is 13.4. The first kappa shape index (κ1) is 18.9. The Morgan fingerprint density at radius 3 is 2.62 bits per heavy atom. The molecular formula is C14H16F2NO6S-. The van der Waals surface area contributed by atoms with E-state index in [2.05, 4.69) is 0 Å². The Labute approximate surface area is 139 Å². The van der Waals surface area contributed by atoms with Crippen LogP contribution in [0.4, 0.5) is 8.78 Å². The highest BCUT2D eigenvalue weighted by molar-refractivity contribution is 7.77. The van der Waals surface area contributed by atoms with Crippen LogP contribution in [0.15, 0.2) is 12.1 Å². The fraction of sp³-hybridized carbons (Fsp3) is 0.500. The zero-order chi connectivity index (χ0) is 17.7. The number of nitrogens with one attached hydrogen (secondary N) is 1. The first-order valence-corrected chi connectivity index (χ1v) is 8.16. The SMILES string of the molecule is O=C(O)COC1(c2cc(F)c(CNS(=O)[O-])cc2F)CCOCC1. The molecule has 0 saturated carbocycles. The molecule has 1 saturated heterocycles. The van der Waals surface area contributed by atoms with Crippen LogP contribution in [0.3, 0.4) is 0 Å². The molecule has 1 unspecified atom stereocenters. The van der Waals surface area contributed by atoms with E-state index in [0.29, 0.717) is 0 Å². The second-order valence-electron chi connectivity index (χ2n) is 5.27. The highest BCUT2D eigenvalue weighted by Crippen LogP contribution is 2.38. The lowest BCUT2D eigenvalue weighted by Gasteiger charge is -2.37. The van der Waals surface area contributed by atoms with Crippen molar-refractivity contribution in [2.75, 3.05) is 19.8 Å². The van der Waals surface area contributed by atoms with Crippen LogP contribution >= 0.6 is 0 Å². The number of carboxylic acid groups (broad SMARTS) is 1. The van der Waals surface area contributed by atoms with E-state index in [9.17, 15) is 22.3 Å². The van der Waals surface area contributed by atoms with Gasteiger partial charge in [0.2, 0.25) is 0 Å². The predicted octanol–water partition coefficient (Wildman–Crippen LogP) is 0.955. The van der Waals surface area contributed by atoms with Gasteiger partial charge in [-0.3, -0.25) is 4.21 Å². The molecule has 2 rings (SSSR count). The normalized spacial score (nSPS) is 18.3. The van der Waals surface area contributed by atoms with Crippen LogP contribution in [0, 0.1) is 11.6 Å². The van der Waals surface area contributed by atoms with Gasteiger partial charge < -0.3 is 19.1 Å². The second-order valence-corrected chi connectivity index (χ2v) is 6.03. The summed E-state index contributed by atoms with van der Waals surface area (Å²) < 4.78 is 62.2. The summed E-state index contributed by atoms with van der Waals surface area (Å²) in [5.41, 5.74) is -1.56. The Balaban J connectivity index is 2.33. The number of carbonyl (C=O) groups is 1. The van der Waals surface area contributed by atoms with Crippen LogP contribution in [-0.4, -0.2) is 39.7 Å². The number of rotatable bonds is 7. The molecule has 1 aliphatic heterocycles. The summed E-state index contributed by atoms with van der Waals surface area (Å²) in [5.74, 6) is -2.83. The smallest absolute Gasteiger partial charge is 0.329 e. The van der Waals surface area contributed by atoms with Crippen molar-refractivity contribution in [1.82, 2.24) is 4.72 Å². The minimum atomic E-state index is -2.60. The first-order valence-electron chi connectivity index (χ1n) is 7.09. The maximum absolute atomic E-state index is 14.5. The van der Waals surface area contributed by atoms with E-state index in [-0.39, 0.29) is 37.2 Å². The van der Waals surface area contributed by atoms with Crippen molar-refractivity contribution in [3.63, 3.8) is 0 Å². The molecule has 10 heteroatoms. The van der Waals surface area contributed by atoms with Crippen molar-refractivity contribution < 1.29 is 36.9 Å². The number of aliphatic carboxylic acids is 1. The third-order valence-electron chi connectivity index (χ3n) is 3.78. The Morgan fingerprint density at radius 2 is 2.04 bits per heavy atom. The van der Waals surface area contributed by atoms with Crippen LogP contribution in [0.1, 0.15) is 24.0 Å². The van der Waals surface area contributed by atoms with Gasteiger partial charge in [-0.1, -0.05) is 0 Å². The van der Waals surface area contributed by atoms with Crippen LogP contribution in [0.2, 0.25) is 0 Å². The van der Waals surface area contributed by atoms with Gasteiger partial charge in [0.25, 0.3) is 0 Å². The monoisotopic (exact) mass is 364 g/mol. The van der Waals surface area contributed by atoms with Gasteiger partial charge >= 0.3 is 5.97 Å². The molecule has 0 aliphatic carbocycles. The number of hydrogen-bond acceptors (Lipinski definition) is 5. The molecule has 2 N–H and O–H groups in total.